The second kappa shape index (κ2) is 6.87. The molecule has 1 aliphatic rings. The van der Waals surface area contributed by atoms with Gasteiger partial charge in [0.25, 0.3) is 0 Å². The van der Waals surface area contributed by atoms with Crippen LogP contribution < -0.4 is 0 Å². The Bertz CT molecular complexity index is 347. The molecule has 0 saturated heterocycles. The van der Waals surface area contributed by atoms with Crippen LogP contribution >= 0.6 is 11.8 Å². The molecule has 1 aromatic carbocycles. The highest BCUT2D eigenvalue weighted by atomic mass is 32.2. The Balaban J connectivity index is 1.89. The number of hydrogen-bond donors (Lipinski definition) is 0. The van der Waals surface area contributed by atoms with Gasteiger partial charge in [0.1, 0.15) is 5.44 Å². The monoisotopic (exact) mass is 248 g/mol. The van der Waals surface area contributed by atoms with Crippen LogP contribution in [-0.2, 0) is 4.74 Å². The first-order chi connectivity index (χ1) is 8.40. The van der Waals surface area contributed by atoms with Crippen LogP contribution in [0.1, 0.15) is 37.7 Å². The highest BCUT2D eigenvalue weighted by Gasteiger charge is 2.19. The zero-order chi connectivity index (χ0) is 11.9. The zero-order valence-corrected chi connectivity index (χ0v) is 11.2. The van der Waals surface area contributed by atoms with Crippen LogP contribution in [0, 0.1) is 0 Å². The Morgan fingerprint density at radius 2 is 2.12 bits per heavy atom. The lowest BCUT2D eigenvalue weighted by atomic mass is 9.96. The minimum absolute atomic E-state index is 0.330. The number of unbranched alkanes of at least 4 members (excludes halogenated alkanes) is 1. The summed E-state index contributed by atoms with van der Waals surface area (Å²) in [4.78, 5) is 0. The Hall–Kier alpha value is -0.730. The molecule has 1 aliphatic heterocycles. The van der Waals surface area contributed by atoms with Gasteiger partial charge in [-0.1, -0.05) is 49.8 Å². The molecule has 1 aromatic rings. The predicted molar refractivity (Wildman–Crippen MR) is 75.2 cm³/mol. The first kappa shape index (κ1) is 12.7. The van der Waals surface area contributed by atoms with E-state index in [1.165, 1.54) is 12.0 Å². The summed E-state index contributed by atoms with van der Waals surface area (Å²) in [6, 6.07) is 10.7. The third kappa shape index (κ3) is 3.90. The van der Waals surface area contributed by atoms with Crippen molar-refractivity contribution >= 4 is 11.8 Å². The van der Waals surface area contributed by atoms with Crippen molar-refractivity contribution in [2.45, 2.75) is 37.5 Å². The molecule has 0 bridgehead atoms. The van der Waals surface area contributed by atoms with Crippen LogP contribution in [0.15, 0.2) is 41.8 Å². The smallest absolute Gasteiger partial charge is 0.108 e. The van der Waals surface area contributed by atoms with Crippen molar-refractivity contribution < 1.29 is 4.74 Å². The number of thioether (sulfide) groups is 1. The molecule has 0 aromatic heterocycles. The van der Waals surface area contributed by atoms with Gasteiger partial charge in [0, 0.05) is 12.5 Å². The first-order valence-electron chi connectivity index (χ1n) is 6.39. The van der Waals surface area contributed by atoms with E-state index in [1.807, 2.05) is 11.8 Å². The van der Waals surface area contributed by atoms with E-state index >= 15 is 0 Å². The molecular weight excluding hydrogens is 228 g/mol. The van der Waals surface area contributed by atoms with Gasteiger partial charge in [0.05, 0.1) is 0 Å². The average Bonchev–Trinajstić information content (AvgIpc) is 2.41. The maximum absolute atomic E-state index is 5.89. The van der Waals surface area contributed by atoms with Gasteiger partial charge >= 0.3 is 0 Å². The Kier molecular flexibility index (Phi) is 5.14. The van der Waals surface area contributed by atoms with E-state index < -0.39 is 0 Å². The molecule has 0 spiro atoms. The molecule has 2 heteroatoms. The fourth-order valence-electron chi connectivity index (χ4n) is 1.98. The van der Waals surface area contributed by atoms with E-state index in [1.54, 1.807) is 0 Å². The van der Waals surface area contributed by atoms with E-state index in [2.05, 4.69) is 48.7 Å². The number of benzene rings is 1. The molecule has 1 nitrogen and oxygen atoms in total. The molecule has 0 radical (unpaired) electrons. The third-order valence-electron chi connectivity index (χ3n) is 3.02. The van der Waals surface area contributed by atoms with Crippen LogP contribution in [0.25, 0.3) is 0 Å². The molecule has 0 saturated carbocycles. The molecular formula is C15H20OS. The maximum Gasteiger partial charge on any atom is 0.108 e. The number of hydrogen-bond acceptors (Lipinski definition) is 2. The van der Waals surface area contributed by atoms with Gasteiger partial charge in [-0.3, -0.25) is 0 Å². The Labute approximate surface area is 108 Å². The van der Waals surface area contributed by atoms with Crippen LogP contribution in [0.3, 0.4) is 0 Å². The molecule has 0 aliphatic carbocycles. The van der Waals surface area contributed by atoms with Crippen LogP contribution in [0.2, 0.25) is 0 Å². The van der Waals surface area contributed by atoms with Gasteiger partial charge in [-0.05, 0) is 23.8 Å². The lowest BCUT2D eigenvalue weighted by Gasteiger charge is -2.24. The maximum atomic E-state index is 5.89. The molecule has 92 valence electrons. The van der Waals surface area contributed by atoms with Crippen LogP contribution in [0.5, 0.6) is 0 Å². The summed E-state index contributed by atoms with van der Waals surface area (Å²) in [5.74, 6) is 0.518. The normalized spacial score (nSPS) is 23.8. The molecule has 0 amide bonds. The van der Waals surface area contributed by atoms with Gasteiger partial charge in [-0.25, -0.2) is 0 Å². The summed E-state index contributed by atoms with van der Waals surface area (Å²) in [5, 5.41) is 2.19. The van der Waals surface area contributed by atoms with Gasteiger partial charge in [-0.2, -0.15) is 0 Å². The Morgan fingerprint density at radius 3 is 2.88 bits per heavy atom. The molecule has 2 atom stereocenters. The van der Waals surface area contributed by atoms with E-state index in [9.17, 15) is 0 Å². The molecule has 0 N–H and O–H groups in total. The molecule has 17 heavy (non-hydrogen) atoms. The molecule has 0 unspecified atom stereocenters. The molecule has 2 rings (SSSR count). The largest absolute Gasteiger partial charge is 0.367 e. The van der Waals surface area contributed by atoms with Crippen LogP contribution in [0.4, 0.5) is 0 Å². The van der Waals surface area contributed by atoms with Gasteiger partial charge in [0.15, 0.2) is 0 Å². The number of ether oxygens (including phenoxy) is 1. The van der Waals surface area contributed by atoms with Gasteiger partial charge < -0.3 is 4.74 Å². The highest BCUT2D eigenvalue weighted by molar-refractivity contribution is 8.02. The fraction of sp³-hybridized carbons (Fsp3) is 0.467. The second-order valence-corrected chi connectivity index (χ2v) is 5.44. The van der Waals surface area contributed by atoms with E-state index in [0.29, 0.717) is 11.4 Å². The van der Waals surface area contributed by atoms with Crippen LogP contribution in [-0.4, -0.2) is 12.0 Å². The predicted octanol–water partition coefficient (Wildman–Crippen LogP) is 4.56. The summed E-state index contributed by atoms with van der Waals surface area (Å²) in [6.07, 6.45) is 5.75. The summed E-state index contributed by atoms with van der Waals surface area (Å²) in [7, 11) is 0. The topological polar surface area (TPSA) is 9.23 Å². The Morgan fingerprint density at radius 1 is 1.29 bits per heavy atom. The van der Waals surface area contributed by atoms with Crippen molar-refractivity contribution in [3.8, 4) is 0 Å². The third-order valence-corrected chi connectivity index (χ3v) is 3.96. The van der Waals surface area contributed by atoms with E-state index in [0.717, 1.165) is 19.4 Å². The summed E-state index contributed by atoms with van der Waals surface area (Å²) < 4.78 is 5.89. The van der Waals surface area contributed by atoms with E-state index in [4.69, 9.17) is 4.74 Å². The van der Waals surface area contributed by atoms with Crippen molar-refractivity contribution in [1.82, 2.24) is 0 Å². The SMILES string of the molecule is CCCCO[C@H]1C[C@@H](c2ccccc2)C=CS1. The standard InChI is InChI=1S/C15H20OS/c1-2-3-10-16-15-12-14(9-11-17-15)13-7-5-4-6-8-13/h4-9,11,14-15H,2-3,10,12H2,1H3/t14-,15+/m0/s1. The summed E-state index contributed by atoms with van der Waals surface area (Å²) in [6.45, 7) is 3.09. The minimum atomic E-state index is 0.330. The van der Waals surface area contributed by atoms with Crippen molar-refractivity contribution in [1.29, 1.82) is 0 Å². The second-order valence-electron chi connectivity index (χ2n) is 4.37. The average molecular weight is 248 g/mol. The highest BCUT2D eigenvalue weighted by Crippen LogP contribution is 2.34. The van der Waals surface area contributed by atoms with E-state index in [-0.39, 0.29) is 0 Å². The lowest BCUT2D eigenvalue weighted by Crippen LogP contribution is -2.15. The van der Waals surface area contributed by atoms with Crippen molar-refractivity contribution in [2.75, 3.05) is 6.61 Å². The minimum Gasteiger partial charge on any atom is -0.367 e. The molecule has 1 heterocycles. The van der Waals surface area contributed by atoms with Crippen molar-refractivity contribution in [3.05, 3.63) is 47.4 Å². The summed E-state index contributed by atoms with van der Waals surface area (Å²) >= 11 is 1.81. The van der Waals surface area contributed by atoms with Crippen molar-refractivity contribution in [2.24, 2.45) is 0 Å². The van der Waals surface area contributed by atoms with Crippen molar-refractivity contribution in [3.63, 3.8) is 0 Å². The number of allylic oxidation sites excluding steroid dienone is 1. The van der Waals surface area contributed by atoms with Gasteiger partial charge in [-0.15, -0.1) is 11.8 Å². The fourth-order valence-corrected chi connectivity index (χ4v) is 2.93. The molecule has 0 fully saturated rings. The van der Waals surface area contributed by atoms with Gasteiger partial charge in [0.2, 0.25) is 0 Å². The zero-order valence-electron chi connectivity index (χ0n) is 10.3. The quantitative estimate of drug-likeness (QED) is 0.706. The summed E-state index contributed by atoms with van der Waals surface area (Å²) in [5.41, 5.74) is 1.73. The lowest BCUT2D eigenvalue weighted by molar-refractivity contribution is 0.102. The number of rotatable bonds is 5. The first-order valence-corrected chi connectivity index (χ1v) is 7.33.